The Kier molecular flexibility index (Phi) is 8.16. The van der Waals surface area contributed by atoms with Gasteiger partial charge in [0.2, 0.25) is 5.91 Å². The van der Waals surface area contributed by atoms with Gasteiger partial charge in [-0.15, -0.1) is 0 Å². The van der Waals surface area contributed by atoms with Crippen molar-refractivity contribution in [2.45, 2.75) is 18.6 Å². The molecular formula is C23H26N4O2S. The third-order valence-electron chi connectivity index (χ3n) is 5.05. The second-order valence-electron chi connectivity index (χ2n) is 7.19. The lowest BCUT2D eigenvalue weighted by Crippen LogP contribution is -2.47. The Hall–Kier alpha value is -2.98. The van der Waals surface area contributed by atoms with Gasteiger partial charge in [0.25, 0.3) is 0 Å². The number of hydrogen-bond donors (Lipinski definition) is 2. The van der Waals surface area contributed by atoms with Gasteiger partial charge in [0.15, 0.2) is 0 Å². The number of likely N-dealkylation sites (tertiary alicyclic amines) is 1. The highest BCUT2D eigenvalue weighted by Gasteiger charge is 2.28. The van der Waals surface area contributed by atoms with E-state index in [4.69, 9.17) is 5.26 Å². The van der Waals surface area contributed by atoms with Crippen molar-refractivity contribution in [2.75, 3.05) is 30.7 Å². The van der Waals surface area contributed by atoms with E-state index in [1.54, 1.807) is 16.7 Å². The summed E-state index contributed by atoms with van der Waals surface area (Å²) in [6.45, 7) is 1.68. The van der Waals surface area contributed by atoms with Crippen molar-refractivity contribution < 1.29 is 9.59 Å². The normalized spacial score (nSPS) is 15.8. The molecule has 0 saturated carbocycles. The van der Waals surface area contributed by atoms with Gasteiger partial charge in [-0.3, -0.25) is 4.79 Å². The Bertz CT molecular complexity index is 898. The number of piperidine rings is 1. The summed E-state index contributed by atoms with van der Waals surface area (Å²) in [7, 11) is 0. The summed E-state index contributed by atoms with van der Waals surface area (Å²) in [5.74, 6) is 1.35. The molecule has 1 heterocycles. The van der Waals surface area contributed by atoms with Gasteiger partial charge >= 0.3 is 6.03 Å². The maximum absolute atomic E-state index is 12.5. The molecule has 0 aliphatic carbocycles. The topological polar surface area (TPSA) is 85.2 Å². The first-order chi connectivity index (χ1) is 14.7. The molecule has 0 bridgehead atoms. The van der Waals surface area contributed by atoms with Gasteiger partial charge in [0.05, 0.1) is 17.6 Å². The fourth-order valence-electron chi connectivity index (χ4n) is 3.43. The number of anilines is 1. The summed E-state index contributed by atoms with van der Waals surface area (Å²) in [4.78, 5) is 26.7. The van der Waals surface area contributed by atoms with Crippen LogP contribution in [-0.4, -0.2) is 42.2 Å². The zero-order chi connectivity index (χ0) is 21.2. The second kappa shape index (κ2) is 11.3. The second-order valence-corrected chi connectivity index (χ2v) is 8.30. The van der Waals surface area contributed by atoms with Gasteiger partial charge < -0.3 is 15.5 Å². The summed E-state index contributed by atoms with van der Waals surface area (Å²) in [5, 5.41) is 15.0. The van der Waals surface area contributed by atoms with Gasteiger partial charge in [0, 0.05) is 36.8 Å². The maximum Gasteiger partial charge on any atom is 0.321 e. The number of urea groups is 1. The Morgan fingerprint density at radius 1 is 1.13 bits per heavy atom. The molecular weight excluding hydrogens is 396 g/mol. The highest BCUT2D eigenvalue weighted by atomic mass is 32.2. The van der Waals surface area contributed by atoms with Crippen LogP contribution >= 0.6 is 11.8 Å². The first-order valence-corrected chi connectivity index (χ1v) is 11.3. The van der Waals surface area contributed by atoms with E-state index in [2.05, 4.69) is 16.7 Å². The lowest BCUT2D eigenvalue weighted by Gasteiger charge is -2.32. The maximum atomic E-state index is 12.5. The molecule has 0 aromatic heterocycles. The van der Waals surface area contributed by atoms with Crippen molar-refractivity contribution in [1.82, 2.24) is 10.2 Å². The zero-order valence-electron chi connectivity index (χ0n) is 16.8. The van der Waals surface area contributed by atoms with Crippen molar-refractivity contribution in [3.05, 3.63) is 65.7 Å². The van der Waals surface area contributed by atoms with Crippen molar-refractivity contribution >= 4 is 29.4 Å². The number of hydrogen-bond acceptors (Lipinski definition) is 4. The SMILES string of the molecule is N#Cc1ccccc1CSCCNC(=O)[C@@H]1CCCN(C(=O)Nc2ccccc2)C1. The molecule has 2 N–H and O–H groups in total. The smallest absolute Gasteiger partial charge is 0.321 e. The van der Waals surface area contributed by atoms with E-state index < -0.39 is 0 Å². The minimum absolute atomic E-state index is 0.00485. The van der Waals surface area contributed by atoms with E-state index in [1.807, 2.05) is 54.6 Å². The standard InChI is InChI=1S/C23H26N4O2S/c24-15-18-7-4-5-8-20(18)17-30-14-12-25-22(28)19-9-6-13-27(16-19)23(29)26-21-10-2-1-3-11-21/h1-5,7-8,10-11,19H,6,9,12-14,16-17H2,(H,25,28)(H,26,29)/t19-/m1/s1. The lowest BCUT2D eigenvalue weighted by molar-refractivity contribution is -0.126. The quantitative estimate of drug-likeness (QED) is 0.664. The predicted molar refractivity (Wildman–Crippen MR) is 120 cm³/mol. The highest BCUT2D eigenvalue weighted by Crippen LogP contribution is 2.19. The molecule has 2 aromatic carbocycles. The molecule has 1 atom stereocenters. The number of rotatable bonds is 7. The molecule has 0 spiro atoms. The van der Waals surface area contributed by atoms with Crippen molar-refractivity contribution in [3.8, 4) is 6.07 Å². The highest BCUT2D eigenvalue weighted by molar-refractivity contribution is 7.98. The molecule has 3 amide bonds. The number of nitriles is 1. The van der Waals surface area contributed by atoms with Crippen LogP contribution in [0.3, 0.4) is 0 Å². The van der Waals surface area contributed by atoms with Crippen molar-refractivity contribution in [2.24, 2.45) is 5.92 Å². The predicted octanol–water partition coefficient (Wildman–Crippen LogP) is 3.85. The molecule has 1 saturated heterocycles. The number of para-hydroxylation sites is 1. The average Bonchev–Trinajstić information content (AvgIpc) is 2.79. The molecule has 7 heteroatoms. The summed E-state index contributed by atoms with van der Waals surface area (Å²) in [6, 6.07) is 19.0. The summed E-state index contributed by atoms with van der Waals surface area (Å²) in [5.41, 5.74) is 2.47. The van der Waals surface area contributed by atoms with Crippen molar-refractivity contribution in [3.63, 3.8) is 0 Å². The van der Waals surface area contributed by atoms with Crippen LogP contribution in [0.25, 0.3) is 0 Å². The van der Waals surface area contributed by atoms with Gasteiger partial charge in [-0.2, -0.15) is 17.0 Å². The number of nitrogens with zero attached hydrogens (tertiary/aromatic N) is 2. The molecule has 1 fully saturated rings. The van der Waals surface area contributed by atoms with E-state index >= 15 is 0 Å². The van der Waals surface area contributed by atoms with E-state index in [9.17, 15) is 9.59 Å². The first-order valence-electron chi connectivity index (χ1n) is 10.1. The first kappa shape index (κ1) is 21.7. The van der Waals surface area contributed by atoms with E-state index in [1.165, 1.54) is 0 Å². The number of nitrogens with one attached hydrogen (secondary N) is 2. The van der Waals surface area contributed by atoms with E-state index in [-0.39, 0.29) is 17.9 Å². The third-order valence-corrected chi connectivity index (χ3v) is 6.05. The van der Waals surface area contributed by atoms with Crippen LogP contribution in [0.15, 0.2) is 54.6 Å². The van der Waals surface area contributed by atoms with Gasteiger partial charge in [-0.1, -0.05) is 36.4 Å². The molecule has 30 heavy (non-hydrogen) atoms. The number of benzene rings is 2. The third kappa shape index (κ3) is 6.26. The Morgan fingerprint density at radius 2 is 1.90 bits per heavy atom. The number of amides is 3. The van der Waals surface area contributed by atoms with Crippen LogP contribution in [0.5, 0.6) is 0 Å². The zero-order valence-corrected chi connectivity index (χ0v) is 17.7. The monoisotopic (exact) mass is 422 g/mol. The van der Waals surface area contributed by atoms with Crippen LogP contribution in [0, 0.1) is 17.2 Å². The van der Waals surface area contributed by atoms with Gasteiger partial charge in [-0.25, -0.2) is 4.79 Å². The van der Waals surface area contributed by atoms with Gasteiger partial charge in [-0.05, 0) is 36.6 Å². The molecule has 2 aromatic rings. The van der Waals surface area contributed by atoms with E-state index in [0.29, 0.717) is 25.2 Å². The molecule has 6 nitrogen and oxygen atoms in total. The molecule has 1 aliphatic rings. The van der Waals surface area contributed by atoms with Crippen LogP contribution in [0.2, 0.25) is 0 Å². The van der Waals surface area contributed by atoms with Crippen LogP contribution < -0.4 is 10.6 Å². The average molecular weight is 423 g/mol. The van der Waals surface area contributed by atoms with Crippen LogP contribution in [0.4, 0.5) is 10.5 Å². The summed E-state index contributed by atoms with van der Waals surface area (Å²) in [6.07, 6.45) is 1.61. The van der Waals surface area contributed by atoms with E-state index in [0.717, 1.165) is 35.6 Å². The van der Waals surface area contributed by atoms with Crippen LogP contribution in [-0.2, 0) is 10.5 Å². The molecule has 3 rings (SSSR count). The number of thioether (sulfide) groups is 1. The minimum Gasteiger partial charge on any atom is -0.355 e. The van der Waals surface area contributed by atoms with Crippen LogP contribution in [0.1, 0.15) is 24.0 Å². The Morgan fingerprint density at radius 3 is 2.70 bits per heavy atom. The molecule has 1 aliphatic heterocycles. The molecule has 0 unspecified atom stereocenters. The number of carbonyl (C=O) groups excluding carboxylic acids is 2. The van der Waals surface area contributed by atoms with Crippen molar-refractivity contribution in [1.29, 1.82) is 5.26 Å². The Balaban J connectivity index is 1.38. The summed E-state index contributed by atoms with van der Waals surface area (Å²) >= 11 is 1.69. The Labute approximate surface area is 181 Å². The van der Waals surface area contributed by atoms with Gasteiger partial charge in [0.1, 0.15) is 0 Å². The number of carbonyl (C=O) groups is 2. The summed E-state index contributed by atoms with van der Waals surface area (Å²) < 4.78 is 0. The fraction of sp³-hybridized carbons (Fsp3) is 0.348. The largest absolute Gasteiger partial charge is 0.355 e. The molecule has 0 radical (unpaired) electrons. The fourth-order valence-corrected chi connectivity index (χ4v) is 4.29. The lowest BCUT2D eigenvalue weighted by atomic mass is 9.97. The minimum atomic E-state index is -0.176. The molecule has 156 valence electrons.